The SMILES string of the molecule is COC(=O)C(NC(=O)c1ccc(Cl)cc1)C1C2CC(OS(C)(=O)=O)CC21. The predicted octanol–water partition coefficient (Wildman–Crippen LogP) is 1.61. The van der Waals surface area contributed by atoms with Crippen LogP contribution in [-0.2, 0) is 23.8 Å². The molecule has 0 radical (unpaired) electrons. The second kappa shape index (κ2) is 7.17. The lowest BCUT2D eigenvalue weighted by Gasteiger charge is -2.20. The molecule has 7 nitrogen and oxygen atoms in total. The molecule has 1 amide bonds. The molecule has 26 heavy (non-hydrogen) atoms. The van der Waals surface area contributed by atoms with Gasteiger partial charge in [0, 0.05) is 10.6 Å². The van der Waals surface area contributed by atoms with Crippen molar-refractivity contribution < 1.29 is 26.9 Å². The van der Waals surface area contributed by atoms with Gasteiger partial charge in [0.1, 0.15) is 6.04 Å². The summed E-state index contributed by atoms with van der Waals surface area (Å²) in [5.74, 6) is -0.691. The van der Waals surface area contributed by atoms with Gasteiger partial charge >= 0.3 is 5.97 Å². The zero-order valence-corrected chi connectivity index (χ0v) is 15.9. The van der Waals surface area contributed by atoms with Gasteiger partial charge in [-0.1, -0.05) is 11.6 Å². The number of amides is 1. The van der Waals surface area contributed by atoms with Crippen LogP contribution in [0.1, 0.15) is 23.2 Å². The van der Waals surface area contributed by atoms with Gasteiger partial charge < -0.3 is 10.1 Å². The highest BCUT2D eigenvalue weighted by Crippen LogP contribution is 2.60. The number of hydrogen-bond donors (Lipinski definition) is 1. The third-order valence-corrected chi connectivity index (χ3v) is 5.89. The smallest absolute Gasteiger partial charge is 0.328 e. The van der Waals surface area contributed by atoms with E-state index in [1.54, 1.807) is 24.3 Å². The molecule has 0 aromatic heterocycles. The van der Waals surface area contributed by atoms with E-state index in [9.17, 15) is 18.0 Å². The fourth-order valence-corrected chi connectivity index (χ4v) is 4.70. The van der Waals surface area contributed by atoms with Crippen molar-refractivity contribution in [1.29, 1.82) is 0 Å². The molecule has 2 aliphatic rings. The number of fused-ring (bicyclic) bond motifs is 1. The second-order valence-electron chi connectivity index (χ2n) is 6.78. The number of ether oxygens (including phenoxy) is 1. The molecule has 2 aliphatic carbocycles. The van der Waals surface area contributed by atoms with Gasteiger partial charge in [-0.15, -0.1) is 0 Å². The Morgan fingerprint density at radius 1 is 1.19 bits per heavy atom. The number of methoxy groups -OCH3 is 1. The van der Waals surface area contributed by atoms with Crippen LogP contribution < -0.4 is 5.32 Å². The van der Waals surface area contributed by atoms with Crippen molar-refractivity contribution in [2.75, 3.05) is 13.4 Å². The van der Waals surface area contributed by atoms with Crippen molar-refractivity contribution in [3.8, 4) is 0 Å². The van der Waals surface area contributed by atoms with Gasteiger partial charge in [0.05, 0.1) is 19.5 Å². The Balaban J connectivity index is 1.65. The van der Waals surface area contributed by atoms with Crippen molar-refractivity contribution >= 4 is 33.6 Å². The summed E-state index contributed by atoms with van der Waals surface area (Å²) < 4.78 is 32.4. The highest BCUT2D eigenvalue weighted by atomic mass is 35.5. The Bertz CT molecular complexity index is 797. The Labute approximate surface area is 157 Å². The molecule has 0 spiro atoms. The zero-order chi connectivity index (χ0) is 19.1. The van der Waals surface area contributed by atoms with Crippen molar-refractivity contribution in [3.63, 3.8) is 0 Å². The minimum Gasteiger partial charge on any atom is -0.467 e. The van der Waals surface area contributed by atoms with E-state index in [0.717, 1.165) is 6.26 Å². The number of esters is 1. The number of carbonyl (C=O) groups is 2. The maximum atomic E-state index is 12.4. The minimum atomic E-state index is -3.50. The van der Waals surface area contributed by atoms with Crippen LogP contribution in [0.15, 0.2) is 24.3 Å². The van der Waals surface area contributed by atoms with Crippen LogP contribution in [-0.4, -0.2) is 45.8 Å². The Kier molecular flexibility index (Phi) is 5.28. The summed E-state index contributed by atoms with van der Waals surface area (Å²) >= 11 is 5.82. The fourth-order valence-electron chi connectivity index (χ4n) is 3.93. The molecule has 3 atom stereocenters. The summed E-state index contributed by atoms with van der Waals surface area (Å²) in [6.45, 7) is 0. The molecule has 0 aliphatic heterocycles. The van der Waals surface area contributed by atoms with Crippen LogP contribution in [0, 0.1) is 17.8 Å². The lowest BCUT2D eigenvalue weighted by Crippen LogP contribution is -2.44. The van der Waals surface area contributed by atoms with E-state index in [1.807, 2.05) is 0 Å². The van der Waals surface area contributed by atoms with Crippen molar-refractivity contribution in [2.24, 2.45) is 17.8 Å². The number of benzene rings is 1. The molecule has 0 heterocycles. The van der Waals surface area contributed by atoms with E-state index in [0.29, 0.717) is 23.4 Å². The number of nitrogens with one attached hydrogen (secondary N) is 1. The van der Waals surface area contributed by atoms with E-state index >= 15 is 0 Å². The summed E-state index contributed by atoms with van der Waals surface area (Å²) in [4.78, 5) is 24.6. The van der Waals surface area contributed by atoms with Gasteiger partial charge in [-0.05, 0) is 54.9 Å². The van der Waals surface area contributed by atoms with Gasteiger partial charge in [0.15, 0.2) is 0 Å². The standard InChI is InChI=1S/C17H20ClNO6S/c1-24-17(21)15(19-16(20)9-3-5-10(18)6-4-9)14-12-7-11(8-13(12)14)25-26(2,22)23/h3-6,11-15H,7-8H2,1-2H3,(H,19,20). The van der Waals surface area contributed by atoms with Gasteiger partial charge in [0.25, 0.3) is 16.0 Å². The van der Waals surface area contributed by atoms with Crippen LogP contribution in [0.3, 0.4) is 0 Å². The summed E-state index contributed by atoms with van der Waals surface area (Å²) in [5, 5.41) is 3.26. The van der Waals surface area contributed by atoms with Crippen molar-refractivity contribution in [1.82, 2.24) is 5.32 Å². The number of halogens is 1. The predicted molar refractivity (Wildman–Crippen MR) is 94.1 cm³/mol. The molecule has 3 rings (SSSR count). The second-order valence-corrected chi connectivity index (χ2v) is 8.82. The van der Waals surface area contributed by atoms with Gasteiger partial charge in [-0.25, -0.2) is 4.79 Å². The van der Waals surface area contributed by atoms with Gasteiger partial charge in [-0.2, -0.15) is 8.42 Å². The fraction of sp³-hybridized carbons (Fsp3) is 0.529. The topological polar surface area (TPSA) is 98.8 Å². The van der Waals surface area contributed by atoms with E-state index < -0.39 is 22.1 Å². The van der Waals surface area contributed by atoms with E-state index in [2.05, 4.69) is 5.32 Å². The molecular weight excluding hydrogens is 382 g/mol. The average molecular weight is 402 g/mol. The van der Waals surface area contributed by atoms with Crippen LogP contribution in [0.5, 0.6) is 0 Å². The maximum Gasteiger partial charge on any atom is 0.328 e. The van der Waals surface area contributed by atoms with Gasteiger partial charge in [-0.3, -0.25) is 8.98 Å². The average Bonchev–Trinajstić information content (AvgIpc) is 3.05. The van der Waals surface area contributed by atoms with E-state index in [-0.39, 0.29) is 29.8 Å². The first-order chi connectivity index (χ1) is 12.2. The van der Waals surface area contributed by atoms with Crippen molar-refractivity contribution in [2.45, 2.75) is 25.0 Å². The van der Waals surface area contributed by atoms with E-state index in [4.69, 9.17) is 20.5 Å². The Morgan fingerprint density at radius 3 is 2.27 bits per heavy atom. The lowest BCUT2D eigenvalue weighted by atomic mass is 10.0. The molecule has 2 saturated carbocycles. The number of rotatable bonds is 6. The van der Waals surface area contributed by atoms with Crippen LogP contribution >= 0.6 is 11.6 Å². The minimum absolute atomic E-state index is 0.0712. The molecule has 1 N–H and O–H groups in total. The highest BCUT2D eigenvalue weighted by Gasteiger charge is 2.61. The first-order valence-electron chi connectivity index (χ1n) is 8.22. The molecule has 1 aromatic carbocycles. The third kappa shape index (κ3) is 4.19. The Hall–Kier alpha value is -1.64. The molecule has 9 heteroatoms. The first kappa shape index (κ1) is 19.1. The molecule has 3 unspecified atom stereocenters. The van der Waals surface area contributed by atoms with Crippen LogP contribution in [0.25, 0.3) is 0 Å². The number of carbonyl (C=O) groups excluding carboxylic acids is 2. The third-order valence-electron chi connectivity index (χ3n) is 5.01. The molecular formula is C17H20ClNO6S. The molecule has 1 aromatic rings. The maximum absolute atomic E-state index is 12.4. The van der Waals surface area contributed by atoms with Gasteiger partial charge in [0.2, 0.25) is 0 Å². The molecule has 142 valence electrons. The quantitative estimate of drug-likeness (QED) is 0.574. The summed E-state index contributed by atoms with van der Waals surface area (Å²) in [7, 11) is -2.22. The van der Waals surface area contributed by atoms with Crippen LogP contribution in [0.2, 0.25) is 5.02 Å². The zero-order valence-electron chi connectivity index (χ0n) is 14.3. The van der Waals surface area contributed by atoms with Crippen LogP contribution in [0.4, 0.5) is 0 Å². The number of hydrogen-bond acceptors (Lipinski definition) is 6. The molecule has 2 fully saturated rings. The molecule has 0 saturated heterocycles. The monoisotopic (exact) mass is 401 g/mol. The normalized spacial score (nSPS) is 28.1. The Morgan fingerprint density at radius 2 is 1.77 bits per heavy atom. The molecule has 0 bridgehead atoms. The van der Waals surface area contributed by atoms with E-state index in [1.165, 1.54) is 7.11 Å². The summed E-state index contributed by atoms with van der Waals surface area (Å²) in [6.07, 6.45) is 1.76. The lowest BCUT2D eigenvalue weighted by molar-refractivity contribution is -0.143. The summed E-state index contributed by atoms with van der Waals surface area (Å²) in [6, 6.07) is 5.59. The summed E-state index contributed by atoms with van der Waals surface area (Å²) in [5.41, 5.74) is 0.396. The largest absolute Gasteiger partial charge is 0.467 e. The highest BCUT2D eigenvalue weighted by molar-refractivity contribution is 7.86. The van der Waals surface area contributed by atoms with Crippen molar-refractivity contribution in [3.05, 3.63) is 34.9 Å². The first-order valence-corrected chi connectivity index (χ1v) is 10.4.